The van der Waals surface area contributed by atoms with Gasteiger partial charge in [-0.05, 0) is 12.1 Å². The standard InChI is InChI=1S/C13H17ClN2O3/c1-8(13(18)19-3)7-16(2)12(17)9-5-4-6-10(14)11(9)15/h4-6,8H,7,15H2,1-3H3. The Bertz CT molecular complexity index is 491. The van der Waals surface area contributed by atoms with E-state index in [1.165, 1.54) is 12.0 Å². The van der Waals surface area contributed by atoms with Crippen LogP contribution in [-0.4, -0.2) is 37.5 Å². The summed E-state index contributed by atoms with van der Waals surface area (Å²) in [7, 11) is 2.91. The first-order valence-electron chi connectivity index (χ1n) is 5.75. The summed E-state index contributed by atoms with van der Waals surface area (Å²) in [5, 5.41) is 0.334. The van der Waals surface area contributed by atoms with Crippen molar-refractivity contribution in [2.75, 3.05) is 26.4 Å². The summed E-state index contributed by atoms with van der Waals surface area (Å²) in [4.78, 5) is 24.9. The molecule has 104 valence electrons. The Hall–Kier alpha value is -1.75. The van der Waals surface area contributed by atoms with E-state index >= 15 is 0 Å². The van der Waals surface area contributed by atoms with E-state index in [0.29, 0.717) is 10.6 Å². The molecule has 0 aliphatic heterocycles. The summed E-state index contributed by atoms with van der Waals surface area (Å²) >= 11 is 5.87. The van der Waals surface area contributed by atoms with Crippen LogP contribution in [-0.2, 0) is 9.53 Å². The Morgan fingerprint density at radius 2 is 2.11 bits per heavy atom. The molecular weight excluding hydrogens is 268 g/mol. The number of carbonyl (C=O) groups is 2. The van der Waals surface area contributed by atoms with Gasteiger partial charge in [0.1, 0.15) is 0 Å². The number of carbonyl (C=O) groups excluding carboxylic acids is 2. The molecule has 1 atom stereocenters. The van der Waals surface area contributed by atoms with Crippen molar-refractivity contribution < 1.29 is 14.3 Å². The Morgan fingerprint density at radius 3 is 2.68 bits per heavy atom. The fourth-order valence-corrected chi connectivity index (χ4v) is 1.87. The molecule has 1 aromatic rings. The second-order valence-electron chi connectivity index (χ2n) is 4.31. The van der Waals surface area contributed by atoms with Crippen LogP contribution in [0.2, 0.25) is 5.02 Å². The van der Waals surface area contributed by atoms with Crippen LogP contribution < -0.4 is 5.73 Å². The number of halogens is 1. The van der Waals surface area contributed by atoms with Crippen molar-refractivity contribution in [1.29, 1.82) is 0 Å². The maximum absolute atomic E-state index is 12.2. The average molecular weight is 285 g/mol. The van der Waals surface area contributed by atoms with Crippen LogP contribution in [0.3, 0.4) is 0 Å². The fraction of sp³-hybridized carbons (Fsp3) is 0.385. The van der Waals surface area contributed by atoms with Crippen molar-refractivity contribution >= 4 is 29.2 Å². The second kappa shape index (κ2) is 6.43. The molecule has 1 aromatic carbocycles. The molecule has 19 heavy (non-hydrogen) atoms. The lowest BCUT2D eigenvalue weighted by Gasteiger charge is -2.21. The lowest BCUT2D eigenvalue weighted by Crippen LogP contribution is -2.34. The van der Waals surface area contributed by atoms with Crippen LogP contribution in [0.15, 0.2) is 18.2 Å². The van der Waals surface area contributed by atoms with E-state index in [0.717, 1.165) is 0 Å². The van der Waals surface area contributed by atoms with Crippen molar-refractivity contribution in [3.63, 3.8) is 0 Å². The number of hydrogen-bond donors (Lipinski definition) is 1. The van der Waals surface area contributed by atoms with Crippen LogP contribution in [0.5, 0.6) is 0 Å². The number of nitrogen functional groups attached to an aromatic ring is 1. The zero-order chi connectivity index (χ0) is 14.6. The van der Waals surface area contributed by atoms with Crippen molar-refractivity contribution in [3.8, 4) is 0 Å². The van der Waals surface area contributed by atoms with E-state index in [2.05, 4.69) is 4.74 Å². The number of hydrogen-bond acceptors (Lipinski definition) is 4. The SMILES string of the molecule is COC(=O)C(C)CN(C)C(=O)c1cccc(Cl)c1N. The molecule has 1 rings (SSSR count). The lowest BCUT2D eigenvalue weighted by molar-refractivity contribution is -0.145. The number of rotatable bonds is 4. The molecular formula is C13H17ClN2O3. The van der Waals surface area contributed by atoms with Crippen molar-refractivity contribution in [2.24, 2.45) is 5.92 Å². The van der Waals surface area contributed by atoms with Gasteiger partial charge in [0, 0.05) is 13.6 Å². The van der Waals surface area contributed by atoms with Gasteiger partial charge in [-0.25, -0.2) is 0 Å². The predicted octanol–water partition coefficient (Wildman–Crippen LogP) is 1.80. The third-order valence-corrected chi connectivity index (χ3v) is 3.11. The minimum atomic E-state index is -0.403. The Kier molecular flexibility index (Phi) is 5.18. The number of ether oxygens (including phenoxy) is 1. The summed E-state index contributed by atoms with van der Waals surface area (Å²) in [6.07, 6.45) is 0. The van der Waals surface area contributed by atoms with Crippen LogP contribution in [0.4, 0.5) is 5.69 Å². The second-order valence-corrected chi connectivity index (χ2v) is 4.72. The highest BCUT2D eigenvalue weighted by Gasteiger charge is 2.21. The van der Waals surface area contributed by atoms with Crippen molar-refractivity contribution in [2.45, 2.75) is 6.92 Å². The summed E-state index contributed by atoms with van der Waals surface area (Å²) in [5.74, 6) is -1.05. The molecule has 1 unspecified atom stereocenters. The van der Waals surface area contributed by atoms with Gasteiger partial charge in [0.15, 0.2) is 0 Å². The van der Waals surface area contributed by atoms with Crippen LogP contribution in [0, 0.1) is 5.92 Å². The Morgan fingerprint density at radius 1 is 1.47 bits per heavy atom. The predicted molar refractivity (Wildman–Crippen MR) is 74.0 cm³/mol. The van der Waals surface area contributed by atoms with Gasteiger partial charge in [-0.2, -0.15) is 0 Å². The molecule has 0 bridgehead atoms. The molecule has 0 aliphatic rings. The topological polar surface area (TPSA) is 72.6 Å². The molecule has 0 saturated carbocycles. The lowest BCUT2D eigenvalue weighted by atomic mass is 10.1. The summed E-state index contributed by atoms with van der Waals surface area (Å²) in [6, 6.07) is 4.87. The van der Waals surface area contributed by atoms with Gasteiger partial charge >= 0.3 is 5.97 Å². The highest BCUT2D eigenvalue weighted by Crippen LogP contribution is 2.23. The fourth-order valence-electron chi connectivity index (χ4n) is 1.70. The molecule has 1 amide bonds. The number of nitrogens with zero attached hydrogens (tertiary/aromatic N) is 1. The average Bonchev–Trinajstić information content (AvgIpc) is 2.39. The van der Waals surface area contributed by atoms with Gasteiger partial charge in [0.2, 0.25) is 0 Å². The monoisotopic (exact) mass is 284 g/mol. The zero-order valence-corrected chi connectivity index (χ0v) is 11.9. The molecule has 0 heterocycles. The maximum Gasteiger partial charge on any atom is 0.310 e. The largest absolute Gasteiger partial charge is 0.469 e. The van der Waals surface area contributed by atoms with Crippen LogP contribution in [0.1, 0.15) is 17.3 Å². The number of nitrogens with two attached hydrogens (primary N) is 1. The molecule has 0 fully saturated rings. The highest BCUT2D eigenvalue weighted by molar-refractivity contribution is 6.33. The van der Waals surface area contributed by atoms with Crippen molar-refractivity contribution in [3.05, 3.63) is 28.8 Å². The minimum absolute atomic E-state index is 0.242. The van der Waals surface area contributed by atoms with Gasteiger partial charge in [-0.15, -0.1) is 0 Å². The third kappa shape index (κ3) is 3.61. The molecule has 2 N–H and O–H groups in total. The van der Waals surface area contributed by atoms with E-state index in [4.69, 9.17) is 17.3 Å². The van der Waals surface area contributed by atoms with Gasteiger partial charge < -0.3 is 15.4 Å². The number of anilines is 1. The first-order chi connectivity index (χ1) is 8.88. The van der Waals surface area contributed by atoms with Crippen LogP contribution >= 0.6 is 11.6 Å². The smallest absolute Gasteiger partial charge is 0.310 e. The summed E-state index contributed by atoms with van der Waals surface area (Å²) in [5.41, 5.74) is 6.34. The normalized spacial score (nSPS) is 11.8. The van der Waals surface area contributed by atoms with Gasteiger partial charge in [-0.3, -0.25) is 9.59 Å². The summed E-state index contributed by atoms with van der Waals surface area (Å²) in [6.45, 7) is 1.94. The van der Waals surface area contributed by atoms with E-state index in [9.17, 15) is 9.59 Å². The molecule has 0 aliphatic carbocycles. The number of methoxy groups -OCH3 is 1. The number of para-hydroxylation sites is 1. The van der Waals surface area contributed by atoms with E-state index in [-0.39, 0.29) is 24.1 Å². The first-order valence-corrected chi connectivity index (χ1v) is 6.13. The number of benzene rings is 1. The minimum Gasteiger partial charge on any atom is -0.469 e. The van der Waals surface area contributed by atoms with Gasteiger partial charge in [-0.1, -0.05) is 24.6 Å². The van der Waals surface area contributed by atoms with Gasteiger partial charge in [0.25, 0.3) is 5.91 Å². The van der Waals surface area contributed by atoms with E-state index in [1.54, 1.807) is 32.2 Å². The molecule has 6 heteroatoms. The quantitative estimate of drug-likeness (QED) is 0.676. The van der Waals surface area contributed by atoms with E-state index in [1.807, 2.05) is 0 Å². The first kappa shape index (κ1) is 15.3. The molecule has 5 nitrogen and oxygen atoms in total. The third-order valence-electron chi connectivity index (χ3n) is 2.78. The summed E-state index contributed by atoms with van der Waals surface area (Å²) < 4.78 is 4.62. The highest BCUT2D eigenvalue weighted by atomic mass is 35.5. The number of esters is 1. The van der Waals surface area contributed by atoms with Gasteiger partial charge in [0.05, 0.1) is 29.3 Å². The van der Waals surface area contributed by atoms with Crippen molar-refractivity contribution in [1.82, 2.24) is 4.90 Å². The molecule has 0 aromatic heterocycles. The Balaban J connectivity index is 2.83. The molecule has 0 spiro atoms. The number of amides is 1. The molecule has 0 radical (unpaired) electrons. The molecule has 0 saturated heterocycles. The zero-order valence-electron chi connectivity index (χ0n) is 11.1. The Labute approximate surface area is 117 Å². The van der Waals surface area contributed by atoms with Crippen LogP contribution in [0.25, 0.3) is 0 Å². The maximum atomic E-state index is 12.2. The van der Waals surface area contributed by atoms with E-state index < -0.39 is 5.92 Å².